The average Bonchev–Trinajstić information content (AvgIpc) is 2.64. The molecule has 15 heavy (non-hydrogen) atoms. The summed E-state index contributed by atoms with van der Waals surface area (Å²) in [4.78, 5) is 4.07. The van der Waals surface area contributed by atoms with Crippen LogP contribution in [0.15, 0.2) is 18.2 Å². The van der Waals surface area contributed by atoms with Gasteiger partial charge in [-0.15, -0.1) is 0 Å². The number of anilines is 1. The van der Waals surface area contributed by atoms with Gasteiger partial charge in [-0.25, -0.2) is 0 Å². The van der Waals surface area contributed by atoms with Crippen LogP contribution >= 0.6 is 23.1 Å². The fraction of sp³-hybridized carbons (Fsp3) is 0.111. The molecular formula is C9H8ClN3OS. The van der Waals surface area contributed by atoms with Crippen LogP contribution in [-0.2, 0) is 0 Å². The summed E-state index contributed by atoms with van der Waals surface area (Å²) >= 11 is 7.19. The highest BCUT2D eigenvalue weighted by Gasteiger charge is 2.14. The molecule has 0 amide bonds. The number of ether oxygens (including phenoxy) is 1. The number of hydrogen-bond donors (Lipinski definition) is 1. The summed E-state index contributed by atoms with van der Waals surface area (Å²) in [6.07, 6.45) is 0. The van der Waals surface area contributed by atoms with Gasteiger partial charge in [0.15, 0.2) is 11.0 Å². The van der Waals surface area contributed by atoms with Crippen molar-refractivity contribution in [2.45, 2.75) is 0 Å². The van der Waals surface area contributed by atoms with Gasteiger partial charge in [0, 0.05) is 11.5 Å². The first-order valence-corrected chi connectivity index (χ1v) is 5.29. The number of nitrogens with two attached hydrogens (primary N) is 1. The lowest BCUT2D eigenvalue weighted by atomic mass is 10.2. The standard InChI is InChI=1S/C9H8ClN3OS/c1-14-6-4-2-3-5(10)7(6)8-12-9(11)15-13-8/h2-4H,1H3,(H2,11,12,13). The number of nitrogen functional groups attached to an aromatic ring is 1. The second-order valence-electron chi connectivity index (χ2n) is 2.77. The van der Waals surface area contributed by atoms with E-state index < -0.39 is 0 Å². The molecule has 0 radical (unpaired) electrons. The van der Waals surface area contributed by atoms with Crippen molar-refractivity contribution in [3.8, 4) is 17.1 Å². The van der Waals surface area contributed by atoms with E-state index in [0.717, 1.165) is 11.5 Å². The number of aromatic nitrogens is 2. The molecular weight excluding hydrogens is 234 g/mol. The number of benzene rings is 1. The maximum absolute atomic E-state index is 6.06. The van der Waals surface area contributed by atoms with Gasteiger partial charge >= 0.3 is 0 Å². The van der Waals surface area contributed by atoms with Gasteiger partial charge in [-0.2, -0.15) is 9.36 Å². The van der Waals surface area contributed by atoms with Crippen LogP contribution in [0.1, 0.15) is 0 Å². The molecule has 0 unspecified atom stereocenters. The molecule has 0 atom stereocenters. The fourth-order valence-corrected chi connectivity index (χ4v) is 1.92. The van der Waals surface area contributed by atoms with E-state index in [2.05, 4.69) is 9.36 Å². The lowest BCUT2D eigenvalue weighted by Gasteiger charge is -2.06. The first-order chi connectivity index (χ1) is 7.22. The summed E-state index contributed by atoms with van der Waals surface area (Å²) in [5, 5.41) is 0.958. The highest BCUT2D eigenvalue weighted by atomic mass is 35.5. The van der Waals surface area contributed by atoms with E-state index in [9.17, 15) is 0 Å². The van der Waals surface area contributed by atoms with Crippen molar-refractivity contribution in [1.29, 1.82) is 0 Å². The molecule has 4 nitrogen and oxygen atoms in total. The van der Waals surface area contributed by atoms with Gasteiger partial charge in [-0.3, -0.25) is 0 Å². The van der Waals surface area contributed by atoms with Crippen molar-refractivity contribution in [2.24, 2.45) is 0 Å². The van der Waals surface area contributed by atoms with Gasteiger partial charge in [0.25, 0.3) is 0 Å². The molecule has 1 aromatic heterocycles. The monoisotopic (exact) mass is 241 g/mol. The topological polar surface area (TPSA) is 61.0 Å². The van der Waals surface area contributed by atoms with E-state index in [-0.39, 0.29) is 0 Å². The molecule has 0 aliphatic carbocycles. The zero-order chi connectivity index (χ0) is 10.8. The second-order valence-corrected chi connectivity index (χ2v) is 3.96. The summed E-state index contributed by atoms with van der Waals surface area (Å²) in [7, 11) is 1.57. The SMILES string of the molecule is COc1cccc(Cl)c1-c1nsc(N)n1. The van der Waals surface area contributed by atoms with E-state index in [0.29, 0.717) is 27.3 Å². The van der Waals surface area contributed by atoms with Crippen LogP contribution in [0.25, 0.3) is 11.4 Å². The van der Waals surface area contributed by atoms with Crippen LogP contribution in [-0.4, -0.2) is 16.5 Å². The predicted octanol–water partition coefficient (Wildman–Crippen LogP) is 2.45. The Hall–Kier alpha value is -1.33. The van der Waals surface area contributed by atoms with E-state index in [1.54, 1.807) is 25.3 Å². The molecule has 0 bridgehead atoms. The summed E-state index contributed by atoms with van der Waals surface area (Å²) in [6, 6.07) is 5.37. The quantitative estimate of drug-likeness (QED) is 0.877. The minimum atomic E-state index is 0.409. The minimum Gasteiger partial charge on any atom is -0.496 e. The highest BCUT2D eigenvalue weighted by Crippen LogP contribution is 2.35. The summed E-state index contributed by atoms with van der Waals surface area (Å²) in [6.45, 7) is 0. The van der Waals surface area contributed by atoms with E-state index >= 15 is 0 Å². The number of nitrogens with zero attached hydrogens (tertiary/aromatic N) is 2. The Morgan fingerprint density at radius 3 is 2.87 bits per heavy atom. The molecule has 0 spiro atoms. The average molecular weight is 242 g/mol. The molecule has 0 saturated heterocycles. The molecule has 2 aromatic rings. The van der Waals surface area contributed by atoms with Gasteiger partial charge in [-0.05, 0) is 12.1 Å². The molecule has 0 aliphatic rings. The fourth-order valence-electron chi connectivity index (χ4n) is 1.23. The van der Waals surface area contributed by atoms with Crippen LogP contribution in [0.4, 0.5) is 5.13 Å². The lowest BCUT2D eigenvalue weighted by molar-refractivity contribution is 0.416. The number of halogens is 1. The summed E-state index contributed by atoms with van der Waals surface area (Å²) in [5.41, 5.74) is 6.19. The third-order valence-electron chi connectivity index (χ3n) is 1.86. The lowest BCUT2D eigenvalue weighted by Crippen LogP contribution is -1.90. The van der Waals surface area contributed by atoms with E-state index in [1.165, 1.54) is 0 Å². The smallest absolute Gasteiger partial charge is 0.200 e. The van der Waals surface area contributed by atoms with Crippen molar-refractivity contribution in [3.63, 3.8) is 0 Å². The zero-order valence-electron chi connectivity index (χ0n) is 7.90. The van der Waals surface area contributed by atoms with Gasteiger partial charge in [0.05, 0.1) is 17.7 Å². The third-order valence-corrected chi connectivity index (χ3v) is 2.72. The Bertz CT molecular complexity index is 486. The summed E-state index contributed by atoms with van der Waals surface area (Å²) < 4.78 is 9.29. The maximum Gasteiger partial charge on any atom is 0.200 e. The normalized spacial score (nSPS) is 10.3. The largest absolute Gasteiger partial charge is 0.496 e. The van der Waals surface area contributed by atoms with Gasteiger partial charge in [-0.1, -0.05) is 17.7 Å². The minimum absolute atomic E-state index is 0.409. The maximum atomic E-state index is 6.06. The number of methoxy groups -OCH3 is 1. The zero-order valence-corrected chi connectivity index (χ0v) is 9.47. The van der Waals surface area contributed by atoms with Crippen LogP contribution in [0.5, 0.6) is 5.75 Å². The van der Waals surface area contributed by atoms with E-state index in [1.807, 2.05) is 0 Å². The van der Waals surface area contributed by atoms with Crippen molar-refractivity contribution in [2.75, 3.05) is 12.8 Å². The molecule has 2 rings (SSSR count). The Labute approximate surface area is 95.8 Å². The van der Waals surface area contributed by atoms with Crippen molar-refractivity contribution in [3.05, 3.63) is 23.2 Å². The number of hydrogen-bond acceptors (Lipinski definition) is 5. The second kappa shape index (κ2) is 4.04. The molecule has 78 valence electrons. The summed E-state index contributed by atoms with van der Waals surface area (Å²) in [5.74, 6) is 1.14. The molecule has 0 fully saturated rings. The van der Waals surface area contributed by atoms with Crippen molar-refractivity contribution in [1.82, 2.24) is 9.36 Å². The van der Waals surface area contributed by atoms with Crippen LogP contribution in [0.3, 0.4) is 0 Å². The van der Waals surface area contributed by atoms with Gasteiger partial charge < -0.3 is 10.5 Å². The predicted molar refractivity (Wildman–Crippen MR) is 61.3 cm³/mol. The van der Waals surface area contributed by atoms with Crippen LogP contribution in [0.2, 0.25) is 5.02 Å². The first-order valence-electron chi connectivity index (χ1n) is 4.14. The Balaban J connectivity index is 2.60. The molecule has 1 heterocycles. The molecule has 6 heteroatoms. The van der Waals surface area contributed by atoms with Crippen molar-refractivity contribution < 1.29 is 4.74 Å². The Morgan fingerprint density at radius 1 is 1.47 bits per heavy atom. The third kappa shape index (κ3) is 1.88. The first kappa shape index (κ1) is 10.2. The Morgan fingerprint density at radius 2 is 2.27 bits per heavy atom. The van der Waals surface area contributed by atoms with E-state index in [4.69, 9.17) is 22.1 Å². The van der Waals surface area contributed by atoms with Gasteiger partial charge in [0.1, 0.15) is 5.75 Å². The van der Waals surface area contributed by atoms with Crippen molar-refractivity contribution >= 4 is 28.3 Å². The van der Waals surface area contributed by atoms with Crippen LogP contribution in [0, 0.1) is 0 Å². The molecule has 0 saturated carbocycles. The molecule has 2 N–H and O–H groups in total. The Kier molecular flexibility index (Phi) is 2.75. The van der Waals surface area contributed by atoms with Gasteiger partial charge in [0.2, 0.25) is 0 Å². The molecule has 0 aliphatic heterocycles. The van der Waals surface area contributed by atoms with Crippen LogP contribution < -0.4 is 10.5 Å². The molecule has 1 aromatic carbocycles. The number of rotatable bonds is 2. The highest BCUT2D eigenvalue weighted by molar-refractivity contribution is 7.09.